The summed E-state index contributed by atoms with van der Waals surface area (Å²) in [5.41, 5.74) is 13.0. The van der Waals surface area contributed by atoms with Crippen molar-refractivity contribution < 1.29 is 13.2 Å². The van der Waals surface area contributed by atoms with Crippen molar-refractivity contribution in [3.05, 3.63) is 48.3 Å². The van der Waals surface area contributed by atoms with Gasteiger partial charge in [-0.05, 0) is 49.8 Å². The zero-order valence-electron chi connectivity index (χ0n) is 17.3. The van der Waals surface area contributed by atoms with E-state index in [1.807, 2.05) is 6.92 Å². The van der Waals surface area contributed by atoms with E-state index in [4.69, 9.17) is 11.5 Å². The molecule has 31 heavy (non-hydrogen) atoms. The second kappa shape index (κ2) is 8.67. The van der Waals surface area contributed by atoms with Crippen molar-refractivity contribution >= 4 is 43.5 Å². The first-order valence-electron chi connectivity index (χ1n) is 9.52. The number of sulfone groups is 1. The lowest BCUT2D eigenvalue weighted by molar-refractivity contribution is 0.259. The van der Waals surface area contributed by atoms with Gasteiger partial charge in [0.05, 0.1) is 5.69 Å². The number of hydrogen-bond donors (Lipinski definition) is 3. The number of nitrogens with two attached hydrogens (primary N) is 2. The number of benzene rings is 1. The molecule has 0 bridgehead atoms. The zero-order valence-corrected chi connectivity index (χ0v) is 18.9. The molecular weight excluding hydrogens is 436 g/mol. The maximum atomic E-state index is 13.5. The molecule has 0 spiro atoms. The van der Waals surface area contributed by atoms with Gasteiger partial charge in [-0.15, -0.1) is 0 Å². The molecule has 1 aliphatic carbocycles. The van der Waals surface area contributed by atoms with Gasteiger partial charge in [-0.1, -0.05) is 25.3 Å². The second-order valence-corrected chi connectivity index (χ2v) is 10.8. The summed E-state index contributed by atoms with van der Waals surface area (Å²) in [6, 6.07) is 7.51. The van der Waals surface area contributed by atoms with Crippen LogP contribution in [0.3, 0.4) is 0 Å². The highest BCUT2D eigenvalue weighted by atomic mass is 32.3. The monoisotopic (exact) mass is 460 g/mol. The minimum atomic E-state index is -3.79. The maximum absolute atomic E-state index is 13.5. The lowest BCUT2D eigenvalue weighted by Crippen LogP contribution is -2.28. The highest BCUT2D eigenvalue weighted by molar-refractivity contribution is 8.35. The van der Waals surface area contributed by atoms with Gasteiger partial charge < -0.3 is 16.8 Å². The van der Waals surface area contributed by atoms with Crippen LogP contribution in [0.5, 0.6) is 0 Å². The van der Waals surface area contributed by atoms with E-state index in [1.165, 1.54) is 17.8 Å². The van der Waals surface area contributed by atoms with E-state index in [-0.39, 0.29) is 10.2 Å². The smallest absolute Gasteiger partial charge is 0.316 e. The summed E-state index contributed by atoms with van der Waals surface area (Å²) in [4.78, 5) is 24.0. The Labute approximate surface area is 185 Å². The number of nitrogen functional groups attached to an aromatic ring is 1. The Morgan fingerprint density at radius 3 is 2.45 bits per heavy atom. The van der Waals surface area contributed by atoms with Gasteiger partial charge in [0.25, 0.3) is 0 Å². The molecule has 1 aliphatic rings. The fraction of sp³-hybridized carbons (Fsp3) is 0.300. The van der Waals surface area contributed by atoms with Crippen molar-refractivity contribution in [2.75, 3.05) is 16.8 Å². The largest absolute Gasteiger partial charge is 0.384 e. The van der Waals surface area contributed by atoms with Gasteiger partial charge in [0.2, 0.25) is 9.84 Å². The Kier molecular flexibility index (Phi) is 6.37. The molecule has 9 nitrogen and oxygen atoms in total. The average Bonchev–Trinajstić information content (AvgIpc) is 3.49. The molecule has 5 N–H and O–H groups in total. The minimum absolute atomic E-state index is 0.0422. The molecule has 0 unspecified atom stereocenters. The van der Waals surface area contributed by atoms with Crippen molar-refractivity contribution in [2.45, 2.75) is 31.4 Å². The van der Waals surface area contributed by atoms with Crippen LogP contribution in [0.1, 0.15) is 32.4 Å². The Hall–Kier alpha value is -2.92. The Morgan fingerprint density at radius 2 is 1.94 bits per heavy atom. The maximum Gasteiger partial charge on any atom is 0.316 e. The van der Waals surface area contributed by atoms with Crippen molar-refractivity contribution in [3.63, 3.8) is 0 Å². The van der Waals surface area contributed by atoms with Gasteiger partial charge in [0.15, 0.2) is 10.2 Å². The van der Waals surface area contributed by atoms with Gasteiger partial charge in [0.1, 0.15) is 10.6 Å². The number of anilines is 2. The third-order valence-corrected chi connectivity index (χ3v) is 8.46. The number of allylic oxidation sites excluding steroid dienone is 1. The van der Waals surface area contributed by atoms with Crippen molar-refractivity contribution in [1.82, 2.24) is 9.97 Å². The summed E-state index contributed by atoms with van der Waals surface area (Å²) in [6.45, 7) is 7.24. The predicted octanol–water partition coefficient (Wildman–Crippen LogP) is 3.26. The van der Waals surface area contributed by atoms with E-state index in [1.54, 1.807) is 31.2 Å². The number of amides is 2. The normalized spacial score (nSPS) is 15.4. The molecule has 11 heteroatoms. The molecule has 0 aliphatic heterocycles. The van der Waals surface area contributed by atoms with E-state index >= 15 is 0 Å². The third-order valence-electron chi connectivity index (χ3n) is 4.62. The van der Waals surface area contributed by atoms with Crippen LogP contribution >= 0.6 is 11.8 Å². The summed E-state index contributed by atoms with van der Waals surface area (Å²) in [7, 11) is -3.79. The molecule has 1 saturated carbocycles. The van der Waals surface area contributed by atoms with Crippen LogP contribution in [0.15, 0.2) is 47.6 Å². The lowest BCUT2D eigenvalue weighted by atomic mass is 10.1. The number of rotatable bonds is 6. The summed E-state index contributed by atoms with van der Waals surface area (Å²) >= 11 is 1.17. The highest BCUT2D eigenvalue weighted by Crippen LogP contribution is 2.54. The van der Waals surface area contributed by atoms with Crippen molar-refractivity contribution in [2.24, 2.45) is 10.7 Å². The van der Waals surface area contributed by atoms with Crippen LogP contribution in [0.2, 0.25) is 0 Å². The van der Waals surface area contributed by atoms with Crippen LogP contribution < -0.4 is 16.8 Å². The number of primary amides is 1. The SMILES string of the molecule is C=C(C)N=C(SCC)S(=O)(=O)C1(c2cc(N)nc(-c3ccc(NC(N)=O)cc3)n2)CC1. The predicted molar refractivity (Wildman–Crippen MR) is 125 cm³/mol. The standard InChI is InChI=1S/C20H24N6O3S2/c1-4-30-19(23-12(2)3)31(28,29)20(9-10-20)15-11-16(21)26-17(25-15)13-5-7-14(8-6-13)24-18(22)27/h5-8,11H,2,4,9-10H2,1,3H3,(H2,21,25,26)(H3,22,24,27). The number of carbonyl (C=O) groups excluding carboxylic acids is 1. The molecule has 1 fully saturated rings. The van der Waals surface area contributed by atoms with E-state index in [0.717, 1.165) is 0 Å². The Balaban J connectivity index is 2.03. The molecule has 164 valence electrons. The van der Waals surface area contributed by atoms with Crippen molar-refractivity contribution in [1.29, 1.82) is 0 Å². The van der Waals surface area contributed by atoms with Gasteiger partial charge in [-0.25, -0.2) is 28.2 Å². The lowest BCUT2D eigenvalue weighted by Gasteiger charge is -2.18. The number of nitrogens with zero attached hydrogens (tertiary/aromatic N) is 3. The fourth-order valence-electron chi connectivity index (χ4n) is 3.07. The summed E-state index contributed by atoms with van der Waals surface area (Å²) in [5.74, 6) is 1.02. The minimum Gasteiger partial charge on any atom is -0.384 e. The second-order valence-electron chi connectivity index (χ2n) is 7.11. The van der Waals surface area contributed by atoms with Crippen LogP contribution in [-0.2, 0) is 14.6 Å². The molecule has 3 rings (SSSR count). The topological polar surface area (TPSA) is 153 Å². The van der Waals surface area contributed by atoms with Gasteiger partial charge >= 0.3 is 6.03 Å². The van der Waals surface area contributed by atoms with Gasteiger partial charge in [-0.3, -0.25) is 0 Å². The van der Waals surface area contributed by atoms with Crippen LogP contribution in [-0.4, -0.2) is 34.5 Å². The number of urea groups is 1. The quantitative estimate of drug-likeness (QED) is 0.441. The van der Waals surface area contributed by atoms with E-state index < -0.39 is 20.6 Å². The molecule has 1 aromatic heterocycles. The summed E-state index contributed by atoms with van der Waals surface area (Å²) in [6.07, 6.45) is 0.846. The van der Waals surface area contributed by atoms with Crippen LogP contribution in [0.4, 0.5) is 16.3 Å². The molecule has 1 aromatic carbocycles. The Bertz CT molecular complexity index is 1160. The summed E-state index contributed by atoms with van der Waals surface area (Å²) in [5, 5.41) is 2.47. The van der Waals surface area contributed by atoms with Crippen LogP contribution in [0.25, 0.3) is 11.4 Å². The van der Waals surface area contributed by atoms with Gasteiger partial charge in [-0.2, -0.15) is 0 Å². The average molecular weight is 461 g/mol. The molecule has 0 radical (unpaired) electrons. The molecule has 0 atom stereocenters. The number of aliphatic imine (C=N–C) groups is 1. The number of aromatic nitrogens is 2. The Morgan fingerprint density at radius 1 is 1.29 bits per heavy atom. The highest BCUT2D eigenvalue weighted by Gasteiger charge is 2.59. The zero-order chi connectivity index (χ0) is 22.8. The molecule has 2 amide bonds. The number of carbonyl (C=O) groups is 1. The van der Waals surface area contributed by atoms with Crippen molar-refractivity contribution in [3.8, 4) is 11.4 Å². The van der Waals surface area contributed by atoms with Crippen LogP contribution in [0, 0.1) is 0 Å². The van der Waals surface area contributed by atoms with Gasteiger partial charge in [0, 0.05) is 23.0 Å². The number of thioether (sulfide) groups is 1. The molecular formula is C20H24N6O3S2. The van der Waals surface area contributed by atoms with E-state index in [9.17, 15) is 13.2 Å². The first-order chi connectivity index (χ1) is 14.6. The third kappa shape index (κ3) is 4.72. The first kappa shape index (κ1) is 22.8. The first-order valence-corrected chi connectivity index (χ1v) is 12.0. The number of nitrogens with one attached hydrogen (secondary N) is 1. The molecule has 2 aromatic rings. The summed E-state index contributed by atoms with van der Waals surface area (Å²) < 4.78 is 25.9. The molecule has 0 saturated heterocycles. The van der Waals surface area contributed by atoms with E-state index in [0.29, 0.717) is 47.1 Å². The number of hydrogen-bond acceptors (Lipinski definition) is 8. The van der Waals surface area contributed by atoms with E-state index in [2.05, 4.69) is 26.9 Å². The molecule has 1 heterocycles. The fourth-order valence-corrected chi connectivity index (χ4v) is 6.62.